The van der Waals surface area contributed by atoms with Crippen LogP contribution in [-0.2, 0) is 12.8 Å². The first-order valence-electron chi connectivity index (χ1n) is 8.36. The van der Waals surface area contributed by atoms with E-state index in [4.69, 9.17) is 0 Å². The zero-order chi connectivity index (χ0) is 19.5. The molecule has 1 N–H and O–H groups in total. The Hall–Kier alpha value is -1.97. The standard InChI is InChI=1S/C18H18N4O2S3/c1-7-9(3)26-15-12(7)14(23)19-11(20-15)6-25-18-21-16-13(17(24)22(18)5)8(2)10(4)27-16/h6H2,1-5H3,(H,19,20,23). The van der Waals surface area contributed by atoms with Gasteiger partial charge in [0.2, 0.25) is 0 Å². The number of thioether (sulfide) groups is 1. The maximum absolute atomic E-state index is 12.7. The summed E-state index contributed by atoms with van der Waals surface area (Å²) in [7, 11) is 1.73. The molecular formula is C18H18N4O2S3. The third-order valence-corrected chi connectivity index (χ3v) is 8.04. The molecule has 27 heavy (non-hydrogen) atoms. The molecule has 4 rings (SSSR count). The highest BCUT2D eigenvalue weighted by Gasteiger charge is 2.16. The Bertz CT molecular complexity index is 1330. The summed E-state index contributed by atoms with van der Waals surface area (Å²) in [6.45, 7) is 7.90. The van der Waals surface area contributed by atoms with Crippen LogP contribution in [-0.4, -0.2) is 19.5 Å². The smallest absolute Gasteiger partial charge is 0.262 e. The van der Waals surface area contributed by atoms with Crippen molar-refractivity contribution >= 4 is 54.9 Å². The molecule has 0 saturated heterocycles. The molecule has 0 aromatic carbocycles. The van der Waals surface area contributed by atoms with E-state index in [1.165, 1.54) is 34.4 Å². The molecule has 0 bridgehead atoms. The second-order valence-corrected chi connectivity index (χ2v) is 9.84. The summed E-state index contributed by atoms with van der Waals surface area (Å²) in [6.07, 6.45) is 0. The number of fused-ring (bicyclic) bond motifs is 2. The lowest BCUT2D eigenvalue weighted by Crippen LogP contribution is -2.20. The fraction of sp³-hybridized carbons (Fsp3) is 0.333. The lowest BCUT2D eigenvalue weighted by molar-refractivity contribution is 0.727. The highest BCUT2D eigenvalue weighted by molar-refractivity contribution is 7.98. The van der Waals surface area contributed by atoms with E-state index >= 15 is 0 Å². The number of rotatable bonds is 3. The van der Waals surface area contributed by atoms with Gasteiger partial charge >= 0.3 is 0 Å². The van der Waals surface area contributed by atoms with Gasteiger partial charge in [-0.1, -0.05) is 11.8 Å². The molecule has 4 aromatic rings. The first-order chi connectivity index (χ1) is 12.8. The predicted octanol–water partition coefficient (Wildman–Crippen LogP) is 3.82. The van der Waals surface area contributed by atoms with Gasteiger partial charge in [-0.2, -0.15) is 0 Å². The van der Waals surface area contributed by atoms with Crippen molar-refractivity contribution in [1.82, 2.24) is 19.5 Å². The fourth-order valence-electron chi connectivity index (χ4n) is 2.99. The first-order valence-corrected chi connectivity index (χ1v) is 11.0. The van der Waals surface area contributed by atoms with Crippen LogP contribution in [0.15, 0.2) is 14.7 Å². The Balaban J connectivity index is 1.72. The van der Waals surface area contributed by atoms with Crippen LogP contribution >= 0.6 is 34.4 Å². The van der Waals surface area contributed by atoms with Crippen LogP contribution in [0.25, 0.3) is 20.4 Å². The molecule has 4 heterocycles. The lowest BCUT2D eigenvalue weighted by Gasteiger charge is -2.07. The van der Waals surface area contributed by atoms with E-state index in [0.29, 0.717) is 27.5 Å². The molecule has 4 aromatic heterocycles. The van der Waals surface area contributed by atoms with Crippen molar-refractivity contribution in [3.05, 3.63) is 47.4 Å². The molecule has 0 saturated carbocycles. The molecule has 140 valence electrons. The van der Waals surface area contributed by atoms with E-state index < -0.39 is 0 Å². The van der Waals surface area contributed by atoms with Crippen LogP contribution in [0.5, 0.6) is 0 Å². The largest absolute Gasteiger partial charge is 0.309 e. The highest BCUT2D eigenvalue weighted by atomic mass is 32.2. The predicted molar refractivity (Wildman–Crippen MR) is 114 cm³/mol. The lowest BCUT2D eigenvalue weighted by atomic mass is 10.2. The number of thiophene rings is 2. The average molecular weight is 419 g/mol. The summed E-state index contributed by atoms with van der Waals surface area (Å²) in [5.74, 6) is 1.03. The van der Waals surface area contributed by atoms with Crippen molar-refractivity contribution in [2.45, 2.75) is 38.6 Å². The van der Waals surface area contributed by atoms with Gasteiger partial charge in [-0.25, -0.2) is 9.97 Å². The summed E-state index contributed by atoms with van der Waals surface area (Å²) in [6, 6.07) is 0. The zero-order valence-electron chi connectivity index (χ0n) is 15.6. The molecule has 0 unspecified atom stereocenters. The van der Waals surface area contributed by atoms with E-state index in [0.717, 1.165) is 30.5 Å². The summed E-state index contributed by atoms with van der Waals surface area (Å²) >= 11 is 4.47. The summed E-state index contributed by atoms with van der Waals surface area (Å²) in [4.78, 5) is 41.0. The van der Waals surface area contributed by atoms with Crippen LogP contribution in [0.2, 0.25) is 0 Å². The van der Waals surface area contributed by atoms with Crippen molar-refractivity contribution in [2.75, 3.05) is 0 Å². The number of nitrogens with zero attached hydrogens (tertiary/aromatic N) is 3. The van der Waals surface area contributed by atoms with Crippen LogP contribution in [0.3, 0.4) is 0 Å². The second-order valence-electron chi connectivity index (χ2n) is 6.49. The van der Waals surface area contributed by atoms with E-state index in [1.807, 2.05) is 27.7 Å². The third kappa shape index (κ3) is 2.94. The molecule has 0 aliphatic rings. The minimum atomic E-state index is -0.112. The van der Waals surface area contributed by atoms with Crippen molar-refractivity contribution in [3.8, 4) is 0 Å². The summed E-state index contributed by atoms with van der Waals surface area (Å²) < 4.78 is 1.57. The molecule has 0 aliphatic heterocycles. The average Bonchev–Trinajstić information content (AvgIpc) is 3.06. The van der Waals surface area contributed by atoms with Gasteiger partial charge in [0.1, 0.15) is 15.5 Å². The van der Waals surface area contributed by atoms with Gasteiger partial charge in [0, 0.05) is 16.8 Å². The Labute approximate surface area is 167 Å². The molecular weight excluding hydrogens is 400 g/mol. The molecule has 0 radical (unpaired) electrons. The van der Waals surface area contributed by atoms with Crippen LogP contribution in [0.1, 0.15) is 26.7 Å². The quantitative estimate of drug-likeness (QED) is 0.404. The molecule has 6 nitrogen and oxygen atoms in total. The first kappa shape index (κ1) is 18.4. The Morgan fingerprint density at radius 1 is 0.963 bits per heavy atom. The third-order valence-electron chi connectivity index (χ3n) is 4.80. The van der Waals surface area contributed by atoms with Gasteiger partial charge in [0.05, 0.1) is 16.5 Å². The number of hydrogen-bond donors (Lipinski definition) is 1. The fourth-order valence-corrected chi connectivity index (χ4v) is 5.95. The monoisotopic (exact) mass is 418 g/mol. The van der Waals surface area contributed by atoms with Crippen LogP contribution < -0.4 is 11.1 Å². The minimum absolute atomic E-state index is 0.0363. The van der Waals surface area contributed by atoms with Gasteiger partial charge in [0.25, 0.3) is 11.1 Å². The van der Waals surface area contributed by atoms with E-state index in [-0.39, 0.29) is 11.1 Å². The molecule has 0 amide bonds. The Kier molecular flexibility index (Phi) is 4.48. The van der Waals surface area contributed by atoms with Crippen molar-refractivity contribution in [2.24, 2.45) is 7.05 Å². The number of aryl methyl sites for hydroxylation is 4. The number of H-pyrrole nitrogens is 1. The normalized spacial score (nSPS) is 11.7. The summed E-state index contributed by atoms with van der Waals surface area (Å²) in [5.41, 5.74) is 1.84. The minimum Gasteiger partial charge on any atom is -0.309 e. The zero-order valence-corrected chi connectivity index (χ0v) is 18.0. The molecule has 0 aliphatic carbocycles. The molecule has 0 spiro atoms. The number of aromatic nitrogens is 4. The van der Waals surface area contributed by atoms with E-state index in [9.17, 15) is 9.59 Å². The van der Waals surface area contributed by atoms with Gasteiger partial charge in [-0.3, -0.25) is 14.2 Å². The van der Waals surface area contributed by atoms with Crippen LogP contribution in [0, 0.1) is 27.7 Å². The second kappa shape index (κ2) is 6.57. The number of aromatic amines is 1. The van der Waals surface area contributed by atoms with Crippen molar-refractivity contribution in [1.29, 1.82) is 0 Å². The van der Waals surface area contributed by atoms with Crippen molar-refractivity contribution in [3.63, 3.8) is 0 Å². The topological polar surface area (TPSA) is 80.6 Å². The maximum Gasteiger partial charge on any atom is 0.262 e. The van der Waals surface area contributed by atoms with Crippen molar-refractivity contribution < 1.29 is 0 Å². The number of nitrogens with one attached hydrogen (secondary N) is 1. The Morgan fingerprint density at radius 3 is 2.22 bits per heavy atom. The van der Waals surface area contributed by atoms with Gasteiger partial charge < -0.3 is 4.98 Å². The maximum atomic E-state index is 12.7. The van der Waals surface area contributed by atoms with Gasteiger partial charge in [-0.15, -0.1) is 22.7 Å². The molecule has 0 atom stereocenters. The Morgan fingerprint density at radius 2 is 1.56 bits per heavy atom. The van der Waals surface area contributed by atoms with E-state index in [2.05, 4.69) is 15.0 Å². The van der Waals surface area contributed by atoms with Gasteiger partial charge in [0.15, 0.2) is 5.16 Å². The van der Waals surface area contributed by atoms with E-state index in [1.54, 1.807) is 11.6 Å². The molecule has 0 fully saturated rings. The van der Waals surface area contributed by atoms with Crippen LogP contribution in [0.4, 0.5) is 0 Å². The molecule has 9 heteroatoms. The number of hydrogen-bond acceptors (Lipinski definition) is 7. The SMILES string of the molecule is Cc1sc2nc(CSc3nc4sc(C)c(C)c4c(=O)n3C)[nH]c(=O)c2c1C. The van der Waals surface area contributed by atoms with Gasteiger partial charge in [-0.05, 0) is 38.8 Å². The highest BCUT2D eigenvalue weighted by Crippen LogP contribution is 2.29. The summed E-state index contributed by atoms with van der Waals surface area (Å²) in [5, 5.41) is 1.99.